The van der Waals surface area contributed by atoms with Gasteiger partial charge in [0.2, 0.25) is 0 Å². The molecule has 0 spiro atoms. The number of aliphatic hydroxyl groups is 1. The third kappa shape index (κ3) is 3.07. The van der Waals surface area contributed by atoms with E-state index in [1.165, 1.54) is 19.3 Å². The molecular formula is C16H21ClN2O2. The fraction of sp³-hybridized carbons (Fsp3) is 0.562. The van der Waals surface area contributed by atoms with Gasteiger partial charge in [-0.3, -0.25) is 9.69 Å². The van der Waals surface area contributed by atoms with Crippen molar-refractivity contribution in [2.45, 2.75) is 31.4 Å². The maximum absolute atomic E-state index is 12.3. The molecule has 1 unspecified atom stereocenters. The molecule has 3 rings (SSSR count). The number of amides is 1. The first kappa shape index (κ1) is 14.8. The third-order valence-corrected chi connectivity index (χ3v) is 4.86. The highest BCUT2D eigenvalue weighted by molar-refractivity contribution is 6.31. The van der Waals surface area contributed by atoms with E-state index >= 15 is 0 Å². The molecule has 1 N–H and O–H groups in total. The minimum Gasteiger partial charge on any atom is -0.378 e. The summed E-state index contributed by atoms with van der Waals surface area (Å²) in [7, 11) is 0. The van der Waals surface area contributed by atoms with Gasteiger partial charge in [-0.2, -0.15) is 0 Å². The molecule has 4 nitrogen and oxygen atoms in total. The van der Waals surface area contributed by atoms with Crippen molar-refractivity contribution >= 4 is 17.5 Å². The number of carbonyl (C=O) groups is 1. The van der Waals surface area contributed by atoms with Gasteiger partial charge in [0.05, 0.1) is 0 Å². The second-order valence-corrected chi connectivity index (χ2v) is 6.32. The predicted molar refractivity (Wildman–Crippen MR) is 82.2 cm³/mol. The fourth-order valence-electron chi connectivity index (χ4n) is 3.15. The van der Waals surface area contributed by atoms with E-state index in [4.69, 9.17) is 11.6 Å². The Kier molecular flexibility index (Phi) is 4.48. The molecule has 2 saturated heterocycles. The molecule has 2 aliphatic heterocycles. The molecule has 1 atom stereocenters. The van der Waals surface area contributed by atoms with Gasteiger partial charge >= 0.3 is 0 Å². The summed E-state index contributed by atoms with van der Waals surface area (Å²) in [6, 6.07) is 7.43. The van der Waals surface area contributed by atoms with E-state index in [-0.39, 0.29) is 5.91 Å². The quantitative estimate of drug-likeness (QED) is 0.929. The summed E-state index contributed by atoms with van der Waals surface area (Å²) < 4.78 is 0. The number of benzene rings is 1. The molecule has 21 heavy (non-hydrogen) atoms. The van der Waals surface area contributed by atoms with Crippen molar-refractivity contribution in [2.75, 3.05) is 26.2 Å². The van der Waals surface area contributed by atoms with E-state index in [0.29, 0.717) is 16.6 Å². The Hall–Kier alpha value is -1.10. The average molecular weight is 309 g/mol. The van der Waals surface area contributed by atoms with Crippen LogP contribution in [0, 0.1) is 0 Å². The van der Waals surface area contributed by atoms with E-state index in [0.717, 1.165) is 26.2 Å². The van der Waals surface area contributed by atoms with Crippen LogP contribution < -0.4 is 0 Å². The Morgan fingerprint density at radius 1 is 1.19 bits per heavy atom. The summed E-state index contributed by atoms with van der Waals surface area (Å²) in [4.78, 5) is 16.5. The molecule has 0 saturated carbocycles. The highest BCUT2D eigenvalue weighted by Crippen LogP contribution is 2.27. The molecule has 0 aliphatic carbocycles. The van der Waals surface area contributed by atoms with Gasteiger partial charge in [0.15, 0.2) is 6.10 Å². The van der Waals surface area contributed by atoms with Crippen LogP contribution in [0.2, 0.25) is 5.02 Å². The average Bonchev–Trinajstić information content (AvgIpc) is 2.46. The Morgan fingerprint density at radius 2 is 1.86 bits per heavy atom. The lowest BCUT2D eigenvalue weighted by Gasteiger charge is -2.47. The lowest BCUT2D eigenvalue weighted by molar-refractivity contribution is -0.148. The van der Waals surface area contributed by atoms with Crippen LogP contribution in [-0.4, -0.2) is 53.0 Å². The van der Waals surface area contributed by atoms with Gasteiger partial charge in [0.1, 0.15) is 0 Å². The number of nitrogens with zero attached hydrogens (tertiary/aromatic N) is 2. The van der Waals surface area contributed by atoms with Gasteiger partial charge in [-0.25, -0.2) is 0 Å². The number of hydrogen-bond acceptors (Lipinski definition) is 3. The maximum Gasteiger partial charge on any atom is 0.256 e. The van der Waals surface area contributed by atoms with Crippen molar-refractivity contribution in [1.29, 1.82) is 0 Å². The minimum atomic E-state index is -1.15. The van der Waals surface area contributed by atoms with E-state index in [1.807, 2.05) is 0 Å². The normalized spacial score (nSPS) is 21.9. The van der Waals surface area contributed by atoms with Crippen LogP contribution >= 0.6 is 11.6 Å². The molecule has 1 amide bonds. The zero-order valence-electron chi connectivity index (χ0n) is 12.0. The number of likely N-dealkylation sites (tertiary alicyclic amines) is 2. The van der Waals surface area contributed by atoms with E-state index in [9.17, 15) is 9.90 Å². The summed E-state index contributed by atoms with van der Waals surface area (Å²) in [5, 5.41) is 10.6. The minimum absolute atomic E-state index is 0.239. The molecule has 0 bridgehead atoms. The Labute approximate surface area is 130 Å². The molecule has 5 heteroatoms. The molecule has 1 aromatic rings. The summed E-state index contributed by atoms with van der Waals surface area (Å²) in [6.07, 6.45) is 2.68. The number of halogens is 1. The molecule has 114 valence electrons. The van der Waals surface area contributed by atoms with E-state index in [1.54, 1.807) is 29.2 Å². The number of aliphatic hydroxyl groups excluding tert-OH is 1. The van der Waals surface area contributed by atoms with Crippen LogP contribution in [0.25, 0.3) is 0 Å². The van der Waals surface area contributed by atoms with Gasteiger partial charge in [-0.15, -0.1) is 0 Å². The largest absolute Gasteiger partial charge is 0.378 e. The Balaban J connectivity index is 1.56. The maximum atomic E-state index is 12.3. The number of hydrogen-bond donors (Lipinski definition) is 1. The first-order chi connectivity index (χ1) is 10.2. The summed E-state index contributed by atoms with van der Waals surface area (Å²) in [5.74, 6) is -0.239. The first-order valence-electron chi connectivity index (χ1n) is 7.62. The van der Waals surface area contributed by atoms with Gasteiger partial charge in [-0.05, 0) is 32.0 Å². The van der Waals surface area contributed by atoms with Gasteiger partial charge < -0.3 is 10.0 Å². The summed E-state index contributed by atoms with van der Waals surface area (Å²) in [6.45, 7) is 3.72. The number of carbonyl (C=O) groups excluding carboxylic acids is 1. The monoisotopic (exact) mass is 308 g/mol. The smallest absolute Gasteiger partial charge is 0.256 e. The van der Waals surface area contributed by atoms with Crippen molar-refractivity contribution in [1.82, 2.24) is 9.80 Å². The lowest BCUT2D eigenvalue weighted by Crippen LogP contribution is -2.62. The Morgan fingerprint density at radius 3 is 2.52 bits per heavy atom. The lowest BCUT2D eigenvalue weighted by atomic mass is 10.0. The predicted octanol–water partition coefficient (Wildman–Crippen LogP) is 2.07. The second-order valence-electron chi connectivity index (χ2n) is 5.92. The molecule has 0 radical (unpaired) electrons. The molecule has 2 aliphatic rings. The SMILES string of the molecule is O=C(C(O)c1ccccc1Cl)N1CC(N2CCCCC2)C1. The van der Waals surface area contributed by atoms with Gasteiger partial charge in [0, 0.05) is 29.7 Å². The zero-order chi connectivity index (χ0) is 14.8. The van der Waals surface area contributed by atoms with Crippen molar-refractivity contribution in [3.63, 3.8) is 0 Å². The van der Waals surface area contributed by atoms with Crippen LogP contribution in [-0.2, 0) is 4.79 Å². The van der Waals surface area contributed by atoms with Gasteiger partial charge in [0.25, 0.3) is 5.91 Å². The van der Waals surface area contributed by atoms with Crippen molar-refractivity contribution in [2.24, 2.45) is 0 Å². The summed E-state index contributed by atoms with van der Waals surface area (Å²) in [5.41, 5.74) is 0.491. The van der Waals surface area contributed by atoms with Crippen molar-refractivity contribution in [3.05, 3.63) is 34.9 Å². The molecule has 2 fully saturated rings. The standard InChI is InChI=1S/C16H21ClN2O2/c17-14-7-3-2-6-13(14)15(20)16(21)19-10-12(11-19)18-8-4-1-5-9-18/h2-3,6-7,12,15,20H,1,4-5,8-11H2. The third-order valence-electron chi connectivity index (χ3n) is 4.51. The second kappa shape index (κ2) is 6.34. The van der Waals surface area contributed by atoms with Crippen LogP contribution in [0.15, 0.2) is 24.3 Å². The molecule has 1 aromatic carbocycles. The summed E-state index contributed by atoms with van der Waals surface area (Å²) >= 11 is 6.04. The van der Waals surface area contributed by atoms with Crippen LogP contribution in [0.4, 0.5) is 0 Å². The molecule has 2 heterocycles. The van der Waals surface area contributed by atoms with Crippen molar-refractivity contribution in [3.8, 4) is 0 Å². The number of rotatable bonds is 3. The molecule has 0 aromatic heterocycles. The van der Waals surface area contributed by atoms with Gasteiger partial charge in [-0.1, -0.05) is 36.2 Å². The van der Waals surface area contributed by atoms with Crippen molar-refractivity contribution < 1.29 is 9.90 Å². The highest BCUT2D eigenvalue weighted by atomic mass is 35.5. The zero-order valence-corrected chi connectivity index (χ0v) is 12.8. The van der Waals surface area contributed by atoms with E-state index < -0.39 is 6.10 Å². The van der Waals surface area contributed by atoms with Crippen LogP contribution in [0.3, 0.4) is 0 Å². The fourth-order valence-corrected chi connectivity index (χ4v) is 3.39. The topological polar surface area (TPSA) is 43.8 Å². The highest BCUT2D eigenvalue weighted by Gasteiger charge is 2.37. The van der Waals surface area contributed by atoms with E-state index in [2.05, 4.69) is 4.90 Å². The molecular weight excluding hydrogens is 288 g/mol. The van der Waals surface area contributed by atoms with Crippen LogP contribution in [0.5, 0.6) is 0 Å². The van der Waals surface area contributed by atoms with Crippen LogP contribution in [0.1, 0.15) is 30.9 Å². The first-order valence-corrected chi connectivity index (χ1v) is 8.00. The number of piperidine rings is 1. The Bertz CT molecular complexity index is 511.